The van der Waals surface area contributed by atoms with Gasteiger partial charge in [-0.1, -0.05) is 36.8 Å². The van der Waals surface area contributed by atoms with Crippen LogP contribution in [0.2, 0.25) is 0 Å². The maximum Gasteiger partial charge on any atom is 0.304 e. The van der Waals surface area contributed by atoms with Crippen molar-refractivity contribution in [1.29, 1.82) is 5.26 Å². The second kappa shape index (κ2) is 6.77. The molecule has 0 amide bonds. The Morgan fingerprint density at radius 2 is 2.06 bits per heavy atom. The summed E-state index contributed by atoms with van der Waals surface area (Å²) in [5.41, 5.74) is 2.05. The number of carboxylic acid groups (broad SMARTS) is 1. The number of hydrogen-bond donors (Lipinski definition) is 1. The Labute approximate surface area is 107 Å². The number of aliphatic carboxylic acids is 1. The molecule has 1 aromatic rings. The molecule has 0 bridgehead atoms. The zero-order valence-corrected chi connectivity index (χ0v) is 10.8. The van der Waals surface area contributed by atoms with E-state index in [0.29, 0.717) is 13.1 Å². The summed E-state index contributed by atoms with van der Waals surface area (Å²) >= 11 is 0. The van der Waals surface area contributed by atoms with E-state index in [1.807, 2.05) is 43.0 Å². The molecule has 1 atom stereocenters. The smallest absolute Gasteiger partial charge is 0.304 e. The first-order valence-electron chi connectivity index (χ1n) is 6.00. The fourth-order valence-electron chi connectivity index (χ4n) is 1.82. The summed E-state index contributed by atoms with van der Waals surface area (Å²) < 4.78 is 0. The van der Waals surface area contributed by atoms with Crippen LogP contribution >= 0.6 is 0 Å². The van der Waals surface area contributed by atoms with Gasteiger partial charge >= 0.3 is 5.97 Å². The molecular formula is C14H18N2O2. The molecule has 0 aliphatic rings. The SMILES string of the molecule is CCN(CCC(=O)O)C(C#N)c1ccc(C)cc1. The summed E-state index contributed by atoms with van der Waals surface area (Å²) in [6.07, 6.45) is 0.0535. The Morgan fingerprint density at radius 1 is 1.44 bits per heavy atom. The average molecular weight is 246 g/mol. The van der Waals surface area contributed by atoms with Crippen molar-refractivity contribution in [3.8, 4) is 6.07 Å². The van der Waals surface area contributed by atoms with Crippen molar-refractivity contribution in [1.82, 2.24) is 4.90 Å². The van der Waals surface area contributed by atoms with Crippen molar-refractivity contribution in [2.24, 2.45) is 0 Å². The van der Waals surface area contributed by atoms with E-state index in [1.165, 1.54) is 0 Å². The number of carbonyl (C=O) groups is 1. The van der Waals surface area contributed by atoms with Crippen molar-refractivity contribution >= 4 is 5.97 Å². The molecule has 1 aromatic carbocycles. The van der Waals surface area contributed by atoms with Gasteiger partial charge in [-0.05, 0) is 19.0 Å². The topological polar surface area (TPSA) is 64.3 Å². The summed E-state index contributed by atoms with van der Waals surface area (Å²) in [6.45, 7) is 4.96. The molecule has 18 heavy (non-hydrogen) atoms. The van der Waals surface area contributed by atoms with E-state index in [1.54, 1.807) is 0 Å². The van der Waals surface area contributed by atoms with E-state index in [9.17, 15) is 10.1 Å². The number of benzene rings is 1. The molecule has 0 heterocycles. The number of aryl methyl sites for hydroxylation is 1. The lowest BCUT2D eigenvalue weighted by molar-refractivity contribution is -0.137. The Balaban J connectivity index is 2.83. The highest BCUT2D eigenvalue weighted by Gasteiger charge is 2.19. The molecule has 4 heteroatoms. The second-order valence-electron chi connectivity index (χ2n) is 4.21. The number of rotatable bonds is 6. The maximum absolute atomic E-state index is 10.6. The molecule has 1 rings (SSSR count). The number of nitrogens with zero attached hydrogens (tertiary/aromatic N) is 2. The van der Waals surface area contributed by atoms with Crippen LogP contribution in [0.25, 0.3) is 0 Å². The molecule has 1 unspecified atom stereocenters. The van der Waals surface area contributed by atoms with Crippen LogP contribution < -0.4 is 0 Å². The van der Waals surface area contributed by atoms with Gasteiger partial charge in [0, 0.05) is 6.54 Å². The lowest BCUT2D eigenvalue weighted by atomic mass is 10.0. The van der Waals surface area contributed by atoms with Crippen molar-refractivity contribution in [2.45, 2.75) is 26.3 Å². The van der Waals surface area contributed by atoms with E-state index in [-0.39, 0.29) is 12.5 Å². The van der Waals surface area contributed by atoms with Crippen molar-refractivity contribution in [3.05, 3.63) is 35.4 Å². The minimum absolute atomic E-state index is 0.0535. The molecule has 0 aliphatic carbocycles. The van der Waals surface area contributed by atoms with Gasteiger partial charge in [0.1, 0.15) is 6.04 Å². The van der Waals surface area contributed by atoms with Crippen LogP contribution in [0.3, 0.4) is 0 Å². The van der Waals surface area contributed by atoms with Gasteiger partial charge in [-0.3, -0.25) is 9.69 Å². The Morgan fingerprint density at radius 3 is 2.50 bits per heavy atom. The molecule has 0 aromatic heterocycles. The molecule has 0 aliphatic heterocycles. The quantitative estimate of drug-likeness (QED) is 0.836. The van der Waals surface area contributed by atoms with E-state index in [0.717, 1.165) is 11.1 Å². The molecule has 0 saturated carbocycles. The van der Waals surface area contributed by atoms with Gasteiger partial charge < -0.3 is 5.11 Å². The average Bonchev–Trinajstić information content (AvgIpc) is 2.35. The molecule has 96 valence electrons. The largest absolute Gasteiger partial charge is 0.481 e. The predicted octanol–water partition coefficient (Wildman–Crippen LogP) is 2.36. The highest BCUT2D eigenvalue weighted by molar-refractivity contribution is 5.66. The zero-order chi connectivity index (χ0) is 13.5. The summed E-state index contributed by atoms with van der Waals surface area (Å²) in [7, 11) is 0. The van der Waals surface area contributed by atoms with Crippen LogP contribution in [0.15, 0.2) is 24.3 Å². The van der Waals surface area contributed by atoms with Gasteiger partial charge in [0.25, 0.3) is 0 Å². The van der Waals surface area contributed by atoms with Gasteiger partial charge in [0.05, 0.1) is 12.5 Å². The van der Waals surface area contributed by atoms with Crippen LogP contribution in [0.1, 0.15) is 30.5 Å². The van der Waals surface area contributed by atoms with Crippen LogP contribution in [-0.2, 0) is 4.79 Å². The molecule has 0 radical (unpaired) electrons. The van der Waals surface area contributed by atoms with Gasteiger partial charge in [-0.15, -0.1) is 0 Å². The molecular weight excluding hydrogens is 228 g/mol. The van der Waals surface area contributed by atoms with E-state index < -0.39 is 5.97 Å². The van der Waals surface area contributed by atoms with Gasteiger partial charge in [0.2, 0.25) is 0 Å². The molecule has 0 saturated heterocycles. The third-order valence-electron chi connectivity index (χ3n) is 2.90. The van der Waals surface area contributed by atoms with Crippen molar-refractivity contribution in [2.75, 3.05) is 13.1 Å². The maximum atomic E-state index is 10.6. The predicted molar refractivity (Wildman–Crippen MR) is 69.0 cm³/mol. The number of hydrogen-bond acceptors (Lipinski definition) is 3. The summed E-state index contributed by atoms with van der Waals surface area (Å²) in [6, 6.07) is 9.64. The summed E-state index contributed by atoms with van der Waals surface area (Å²) in [5, 5.41) is 18.0. The summed E-state index contributed by atoms with van der Waals surface area (Å²) in [4.78, 5) is 12.5. The lowest BCUT2D eigenvalue weighted by Crippen LogP contribution is -2.30. The highest BCUT2D eigenvalue weighted by Crippen LogP contribution is 2.20. The minimum atomic E-state index is -0.839. The molecule has 1 N–H and O–H groups in total. The first kappa shape index (κ1) is 14.2. The van der Waals surface area contributed by atoms with Crippen molar-refractivity contribution in [3.63, 3.8) is 0 Å². The molecule has 4 nitrogen and oxygen atoms in total. The van der Waals surface area contributed by atoms with E-state index in [2.05, 4.69) is 6.07 Å². The van der Waals surface area contributed by atoms with E-state index in [4.69, 9.17) is 5.11 Å². The van der Waals surface area contributed by atoms with Crippen LogP contribution in [0, 0.1) is 18.3 Å². The minimum Gasteiger partial charge on any atom is -0.481 e. The van der Waals surface area contributed by atoms with Crippen LogP contribution in [0.5, 0.6) is 0 Å². The number of nitriles is 1. The monoisotopic (exact) mass is 246 g/mol. The first-order chi connectivity index (χ1) is 8.58. The van der Waals surface area contributed by atoms with Crippen LogP contribution in [0.4, 0.5) is 0 Å². The van der Waals surface area contributed by atoms with Gasteiger partial charge in [0.15, 0.2) is 0 Å². The van der Waals surface area contributed by atoms with E-state index >= 15 is 0 Å². The fraction of sp³-hybridized carbons (Fsp3) is 0.429. The number of carboxylic acids is 1. The first-order valence-corrected chi connectivity index (χ1v) is 6.00. The Hall–Kier alpha value is -1.86. The van der Waals surface area contributed by atoms with Gasteiger partial charge in [-0.25, -0.2) is 0 Å². The van der Waals surface area contributed by atoms with Crippen molar-refractivity contribution < 1.29 is 9.90 Å². The Kier molecular flexibility index (Phi) is 5.34. The third kappa shape index (κ3) is 3.86. The second-order valence-corrected chi connectivity index (χ2v) is 4.21. The van der Waals surface area contributed by atoms with Crippen LogP contribution in [-0.4, -0.2) is 29.1 Å². The Bertz CT molecular complexity index is 434. The highest BCUT2D eigenvalue weighted by atomic mass is 16.4. The third-order valence-corrected chi connectivity index (χ3v) is 2.90. The normalized spacial score (nSPS) is 12.1. The zero-order valence-electron chi connectivity index (χ0n) is 10.8. The van der Waals surface area contributed by atoms with Gasteiger partial charge in [-0.2, -0.15) is 5.26 Å². The molecule has 0 fully saturated rings. The summed E-state index contributed by atoms with van der Waals surface area (Å²) in [5.74, 6) is -0.839. The lowest BCUT2D eigenvalue weighted by Gasteiger charge is -2.25. The fourth-order valence-corrected chi connectivity index (χ4v) is 1.82. The molecule has 0 spiro atoms. The standard InChI is InChI=1S/C14H18N2O2/c1-3-16(9-8-14(17)18)13(10-15)12-6-4-11(2)5-7-12/h4-7,13H,3,8-9H2,1-2H3,(H,17,18).